The molecule has 2 aromatic carbocycles. The number of ether oxygens (including phenoxy) is 2. The largest absolute Gasteiger partial charge is 0.497 e. The quantitative estimate of drug-likeness (QED) is 0.216. The van der Waals surface area contributed by atoms with E-state index in [4.69, 9.17) is 9.47 Å². The maximum Gasteiger partial charge on any atom is 0.268 e. The molecule has 0 unspecified atom stereocenters. The average Bonchev–Trinajstić information content (AvgIpc) is 3.50. The molecule has 190 valence electrons. The van der Waals surface area contributed by atoms with Gasteiger partial charge in [-0.05, 0) is 53.4 Å². The molecule has 0 bridgehead atoms. The van der Waals surface area contributed by atoms with Gasteiger partial charge in [-0.15, -0.1) is 21.5 Å². The highest BCUT2D eigenvalue weighted by molar-refractivity contribution is 9.10. The highest BCUT2D eigenvalue weighted by Gasteiger charge is 2.30. The van der Waals surface area contributed by atoms with Gasteiger partial charge in [0.2, 0.25) is 5.78 Å². The van der Waals surface area contributed by atoms with Gasteiger partial charge in [-0.2, -0.15) is 0 Å². The van der Waals surface area contributed by atoms with Crippen LogP contribution in [-0.4, -0.2) is 32.4 Å². The Morgan fingerprint density at radius 2 is 1.92 bits per heavy atom. The van der Waals surface area contributed by atoms with E-state index in [9.17, 15) is 4.79 Å². The van der Waals surface area contributed by atoms with Crippen molar-refractivity contribution in [2.45, 2.75) is 43.9 Å². The number of benzene rings is 2. The summed E-state index contributed by atoms with van der Waals surface area (Å²) >= 11 is 6.73. The molecule has 0 aliphatic carbocycles. The van der Waals surface area contributed by atoms with E-state index in [1.54, 1.807) is 34.8 Å². The Morgan fingerprint density at radius 1 is 1.16 bits per heavy atom. The van der Waals surface area contributed by atoms with Crippen LogP contribution in [0.2, 0.25) is 0 Å². The number of methoxy groups -OCH3 is 1. The van der Waals surface area contributed by atoms with Crippen LogP contribution in [0.25, 0.3) is 21.7 Å². The number of aromatic nitrogens is 4. The monoisotopic (exact) mass is 596 g/mol. The molecule has 10 heteroatoms. The lowest BCUT2D eigenvalue weighted by Crippen LogP contribution is -2.28. The zero-order chi connectivity index (χ0) is 25.7. The Kier molecular flexibility index (Phi) is 6.60. The second-order valence-corrected chi connectivity index (χ2v) is 12.3. The smallest absolute Gasteiger partial charge is 0.268 e. The van der Waals surface area contributed by atoms with Gasteiger partial charge in [0, 0.05) is 21.5 Å². The fourth-order valence-electron chi connectivity index (χ4n) is 4.65. The second kappa shape index (κ2) is 9.90. The number of thiophene rings is 1. The van der Waals surface area contributed by atoms with E-state index in [1.165, 1.54) is 5.56 Å². The second-order valence-electron chi connectivity index (χ2n) is 9.35. The van der Waals surface area contributed by atoms with Gasteiger partial charge in [0.25, 0.3) is 5.56 Å². The van der Waals surface area contributed by atoms with Gasteiger partial charge in [-0.3, -0.25) is 4.79 Å². The maximum absolute atomic E-state index is 14.1. The van der Waals surface area contributed by atoms with Crippen molar-refractivity contribution < 1.29 is 9.47 Å². The summed E-state index contributed by atoms with van der Waals surface area (Å²) in [6, 6.07) is 15.7. The average molecular weight is 598 g/mol. The van der Waals surface area contributed by atoms with Crippen LogP contribution < -0.4 is 10.3 Å². The van der Waals surface area contributed by atoms with Crippen molar-refractivity contribution >= 4 is 55.0 Å². The molecule has 0 saturated carbocycles. The van der Waals surface area contributed by atoms with Crippen LogP contribution in [0.1, 0.15) is 29.9 Å². The summed E-state index contributed by atoms with van der Waals surface area (Å²) in [5.74, 6) is 2.33. The van der Waals surface area contributed by atoms with Crippen molar-refractivity contribution in [3.63, 3.8) is 0 Å². The van der Waals surface area contributed by atoms with Crippen LogP contribution in [0.4, 0.5) is 0 Å². The minimum absolute atomic E-state index is 0.0774. The lowest BCUT2D eigenvalue weighted by atomic mass is 9.96. The molecule has 0 spiro atoms. The molecular weight excluding hydrogens is 572 g/mol. The molecule has 7 nitrogen and oxygen atoms in total. The van der Waals surface area contributed by atoms with Gasteiger partial charge in [0.15, 0.2) is 5.16 Å². The zero-order valence-electron chi connectivity index (χ0n) is 20.6. The molecular formula is C27H25BrN4O3S2. The fourth-order valence-corrected chi connectivity index (χ4v) is 7.10. The number of hydrogen-bond donors (Lipinski definition) is 0. The lowest BCUT2D eigenvalue weighted by Gasteiger charge is -2.26. The summed E-state index contributed by atoms with van der Waals surface area (Å²) in [7, 11) is 1.63. The summed E-state index contributed by atoms with van der Waals surface area (Å²) in [6.07, 6.45) is 0.807. The van der Waals surface area contributed by atoms with Gasteiger partial charge in [0.05, 0.1) is 30.9 Å². The first kappa shape index (κ1) is 24.7. The summed E-state index contributed by atoms with van der Waals surface area (Å²) < 4.78 is 16.2. The van der Waals surface area contributed by atoms with E-state index < -0.39 is 0 Å². The number of halogens is 1. The van der Waals surface area contributed by atoms with E-state index >= 15 is 0 Å². The predicted molar refractivity (Wildman–Crippen MR) is 151 cm³/mol. The highest BCUT2D eigenvalue weighted by Crippen LogP contribution is 2.38. The summed E-state index contributed by atoms with van der Waals surface area (Å²) in [4.78, 5) is 16.1. The molecule has 3 aromatic heterocycles. The third-order valence-corrected chi connectivity index (χ3v) is 9.42. The highest BCUT2D eigenvalue weighted by atomic mass is 79.9. The van der Waals surface area contributed by atoms with Gasteiger partial charge < -0.3 is 9.47 Å². The molecule has 37 heavy (non-hydrogen) atoms. The third-order valence-electron chi connectivity index (χ3n) is 6.70. The van der Waals surface area contributed by atoms with Crippen molar-refractivity contribution in [2.75, 3.05) is 7.11 Å². The van der Waals surface area contributed by atoms with Gasteiger partial charge >= 0.3 is 0 Å². The maximum atomic E-state index is 14.1. The summed E-state index contributed by atoms with van der Waals surface area (Å²) in [5, 5.41) is 10.6. The number of hydrogen-bond acceptors (Lipinski definition) is 7. The van der Waals surface area contributed by atoms with Crippen molar-refractivity contribution in [1.29, 1.82) is 0 Å². The van der Waals surface area contributed by atoms with Crippen molar-refractivity contribution in [2.24, 2.45) is 5.92 Å². The number of thioether (sulfide) groups is 1. The molecule has 0 N–H and O–H groups in total. The van der Waals surface area contributed by atoms with E-state index in [2.05, 4.69) is 52.1 Å². The molecule has 4 heterocycles. The van der Waals surface area contributed by atoms with Crippen LogP contribution in [0.3, 0.4) is 0 Å². The van der Waals surface area contributed by atoms with Crippen LogP contribution in [0.15, 0.2) is 63.0 Å². The molecule has 5 aromatic rings. The predicted octanol–water partition coefficient (Wildman–Crippen LogP) is 6.26. The fraction of sp³-hybridized carbons (Fsp3) is 0.296. The minimum Gasteiger partial charge on any atom is -0.497 e. The minimum atomic E-state index is -0.0774. The molecule has 1 atom stereocenters. The molecule has 0 saturated heterocycles. The molecule has 0 amide bonds. The van der Waals surface area contributed by atoms with E-state index in [0.29, 0.717) is 18.3 Å². The first-order valence-corrected chi connectivity index (χ1v) is 14.6. The Hall–Kier alpha value is -2.66. The Labute approximate surface area is 230 Å². The summed E-state index contributed by atoms with van der Waals surface area (Å²) in [5.41, 5.74) is 2.92. The van der Waals surface area contributed by atoms with Crippen molar-refractivity contribution in [3.8, 4) is 11.4 Å². The molecule has 0 radical (unpaired) electrons. The van der Waals surface area contributed by atoms with E-state index in [-0.39, 0.29) is 11.7 Å². The summed E-state index contributed by atoms with van der Waals surface area (Å²) in [6.45, 7) is 4.84. The van der Waals surface area contributed by atoms with Gasteiger partial charge in [-0.25, -0.2) is 8.97 Å². The first-order valence-electron chi connectivity index (χ1n) is 12.0. The Balaban J connectivity index is 1.56. The SMILES string of the molecule is COc1ccc(-n2c(=O)c3c4c(sc3n3c(SCc5ccc(Br)cc5)nnc23)CO[C@@H](C(C)C)C4)cc1. The normalized spacial score (nSPS) is 15.5. The number of rotatable bonds is 6. The standard InChI is InChI=1S/C27H25BrN4O3S2/c1-15(2)21-12-20-22(13-35-21)37-25-23(20)24(33)31(18-8-10-19(34-3)11-9-18)26-29-30-27(32(25)26)36-14-16-4-6-17(28)7-5-16/h4-11,15,21H,12-14H2,1-3H3/t21-/m1/s1. The van der Waals surface area contributed by atoms with Crippen molar-refractivity contribution in [1.82, 2.24) is 19.2 Å². The van der Waals surface area contributed by atoms with Crippen molar-refractivity contribution in [3.05, 3.63) is 79.4 Å². The van der Waals surface area contributed by atoms with Crippen LogP contribution in [-0.2, 0) is 23.5 Å². The van der Waals surface area contributed by atoms with E-state index in [1.807, 2.05) is 40.8 Å². The van der Waals surface area contributed by atoms with E-state index in [0.717, 1.165) is 53.9 Å². The first-order chi connectivity index (χ1) is 17.9. The Bertz CT molecular complexity index is 1660. The number of nitrogens with zero attached hydrogens (tertiary/aromatic N) is 4. The van der Waals surface area contributed by atoms with Gasteiger partial charge in [0.1, 0.15) is 10.6 Å². The molecule has 1 aliphatic heterocycles. The third kappa shape index (κ3) is 4.39. The lowest BCUT2D eigenvalue weighted by molar-refractivity contribution is 0.00200. The molecule has 1 aliphatic rings. The van der Waals surface area contributed by atoms with Gasteiger partial charge in [-0.1, -0.05) is 53.7 Å². The van der Waals surface area contributed by atoms with Crippen LogP contribution in [0, 0.1) is 5.92 Å². The molecule has 0 fully saturated rings. The Morgan fingerprint density at radius 3 is 2.62 bits per heavy atom. The zero-order valence-corrected chi connectivity index (χ0v) is 23.8. The number of fused-ring (bicyclic) bond motifs is 5. The van der Waals surface area contributed by atoms with Crippen LogP contribution in [0.5, 0.6) is 5.75 Å². The topological polar surface area (TPSA) is 70.7 Å². The van der Waals surface area contributed by atoms with Crippen LogP contribution >= 0.6 is 39.0 Å². The molecule has 6 rings (SSSR count).